The lowest BCUT2D eigenvalue weighted by molar-refractivity contribution is -0.122. The van der Waals surface area contributed by atoms with Crippen LogP contribution in [0.15, 0.2) is 36.7 Å². The fourth-order valence-corrected chi connectivity index (χ4v) is 2.20. The Hall–Kier alpha value is -2.37. The summed E-state index contributed by atoms with van der Waals surface area (Å²) in [5.74, 6) is 0.770. The van der Waals surface area contributed by atoms with Crippen LogP contribution in [0.5, 0.6) is 5.75 Å². The van der Waals surface area contributed by atoms with E-state index in [0.29, 0.717) is 6.61 Å². The zero-order chi connectivity index (χ0) is 13.1. The highest BCUT2D eigenvalue weighted by atomic mass is 16.5. The topological polar surface area (TPSA) is 69.0 Å². The van der Waals surface area contributed by atoms with E-state index in [9.17, 15) is 4.79 Å². The highest BCUT2D eigenvalue weighted by Crippen LogP contribution is 2.31. The number of amides is 1. The molecule has 1 unspecified atom stereocenters. The quantitative estimate of drug-likeness (QED) is 0.888. The molecule has 0 aliphatic carbocycles. The maximum atomic E-state index is 11.9. The summed E-state index contributed by atoms with van der Waals surface area (Å²) in [5.41, 5.74) is 1.03. The molecule has 2 heterocycles. The standard InChI is InChI=1S/C13H14N4O2/c18-13(9-17-7-6-14-16-17)15-11-5-8-19-12-4-2-1-3-10(11)12/h1-4,6-7,11H,5,8-9H2,(H,15,18). The van der Waals surface area contributed by atoms with Gasteiger partial charge in [0.25, 0.3) is 0 Å². The molecular weight excluding hydrogens is 244 g/mol. The van der Waals surface area contributed by atoms with Crippen molar-refractivity contribution in [1.82, 2.24) is 20.3 Å². The number of carbonyl (C=O) groups excluding carboxylic acids is 1. The molecule has 98 valence electrons. The molecule has 6 nitrogen and oxygen atoms in total. The zero-order valence-electron chi connectivity index (χ0n) is 10.3. The molecule has 1 aromatic heterocycles. The first-order valence-electron chi connectivity index (χ1n) is 6.18. The molecule has 0 saturated carbocycles. The molecule has 2 aromatic rings. The van der Waals surface area contributed by atoms with Gasteiger partial charge in [0.2, 0.25) is 5.91 Å². The summed E-state index contributed by atoms with van der Waals surface area (Å²) in [6, 6.07) is 7.78. The van der Waals surface area contributed by atoms with Gasteiger partial charge in [-0.25, -0.2) is 4.68 Å². The third-order valence-corrected chi connectivity index (χ3v) is 3.07. The molecule has 1 aliphatic rings. The number of carbonyl (C=O) groups is 1. The molecule has 1 aliphatic heterocycles. The average molecular weight is 258 g/mol. The lowest BCUT2D eigenvalue weighted by atomic mass is 10.0. The maximum Gasteiger partial charge on any atom is 0.242 e. The van der Waals surface area contributed by atoms with Crippen LogP contribution in [0.1, 0.15) is 18.0 Å². The third-order valence-electron chi connectivity index (χ3n) is 3.07. The maximum absolute atomic E-state index is 11.9. The Bertz CT molecular complexity index is 568. The molecule has 0 saturated heterocycles. The Kier molecular flexibility index (Phi) is 3.14. The second-order valence-corrected chi connectivity index (χ2v) is 4.40. The number of hydrogen-bond donors (Lipinski definition) is 1. The van der Waals surface area contributed by atoms with Gasteiger partial charge in [-0.15, -0.1) is 5.10 Å². The van der Waals surface area contributed by atoms with E-state index in [0.717, 1.165) is 17.7 Å². The minimum Gasteiger partial charge on any atom is -0.493 e. The third kappa shape index (κ3) is 2.57. The number of nitrogens with one attached hydrogen (secondary N) is 1. The molecule has 0 fully saturated rings. The van der Waals surface area contributed by atoms with Crippen LogP contribution in [-0.2, 0) is 11.3 Å². The summed E-state index contributed by atoms with van der Waals surface area (Å²) in [5, 5.41) is 10.5. The van der Waals surface area contributed by atoms with Crippen LogP contribution in [0.3, 0.4) is 0 Å². The van der Waals surface area contributed by atoms with Crippen LogP contribution >= 0.6 is 0 Å². The first kappa shape index (κ1) is 11.7. The molecule has 1 atom stereocenters. The molecule has 19 heavy (non-hydrogen) atoms. The van der Waals surface area contributed by atoms with Gasteiger partial charge in [0.15, 0.2) is 0 Å². The average Bonchev–Trinajstić information content (AvgIpc) is 2.92. The number of hydrogen-bond acceptors (Lipinski definition) is 4. The van der Waals surface area contributed by atoms with E-state index >= 15 is 0 Å². The summed E-state index contributed by atoms with van der Waals surface area (Å²) in [4.78, 5) is 11.9. The lowest BCUT2D eigenvalue weighted by Crippen LogP contribution is -2.34. The fraction of sp³-hybridized carbons (Fsp3) is 0.308. The second-order valence-electron chi connectivity index (χ2n) is 4.40. The second kappa shape index (κ2) is 5.09. The minimum atomic E-state index is -0.0767. The predicted molar refractivity (Wildman–Crippen MR) is 67.5 cm³/mol. The fourth-order valence-electron chi connectivity index (χ4n) is 2.20. The van der Waals surface area contributed by atoms with Crippen molar-refractivity contribution >= 4 is 5.91 Å². The number of aromatic nitrogens is 3. The minimum absolute atomic E-state index is 0.000899. The molecule has 0 bridgehead atoms. The summed E-state index contributed by atoms with van der Waals surface area (Å²) < 4.78 is 7.06. The summed E-state index contributed by atoms with van der Waals surface area (Å²) >= 11 is 0. The van der Waals surface area contributed by atoms with Crippen molar-refractivity contribution in [2.24, 2.45) is 0 Å². The van der Waals surface area contributed by atoms with E-state index in [1.807, 2.05) is 24.3 Å². The van der Waals surface area contributed by atoms with E-state index in [1.54, 1.807) is 12.4 Å². The van der Waals surface area contributed by atoms with E-state index in [1.165, 1.54) is 4.68 Å². The van der Waals surface area contributed by atoms with E-state index in [-0.39, 0.29) is 18.5 Å². The zero-order valence-corrected chi connectivity index (χ0v) is 10.3. The molecule has 0 radical (unpaired) electrons. The molecule has 0 spiro atoms. The Balaban J connectivity index is 1.69. The van der Waals surface area contributed by atoms with Crippen LogP contribution < -0.4 is 10.1 Å². The van der Waals surface area contributed by atoms with Crippen molar-refractivity contribution in [2.75, 3.05) is 6.61 Å². The van der Waals surface area contributed by atoms with Gasteiger partial charge in [-0.2, -0.15) is 0 Å². The van der Waals surface area contributed by atoms with Crippen LogP contribution in [0.2, 0.25) is 0 Å². The molecule has 6 heteroatoms. The van der Waals surface area contributed by atoms with Crippen molar-refractivity contribution in [1.29, 1.82) is 0 Å². The Labute approximate surface area is 110 Å². The number of para-hydroxylation sites is 1. The number of rotatable bonds is 3. The molecule has 3 rings (SSSR count). The number of ether oxygens (including phenoxy) is 1. The monoisotopic (exact) mass is 258 g/mol. The molecule has 1 N–H and O–H groups in total. The van der Waals surface area contributed by atoms with Gasteiger partial charge >= 0.3 is 0 Å². The Morgan fingerprint density at radius 3 is 3.21 bits per heavy atom. The van der Waals surface area contributed by atoms with Crippen LogP contribution in [0.4, 0.5) is 0 Å². The van der Waals surface area contributed by atoms with Gasteiger partial charge in [-0.05, 0) is 6.07 Å². The molecule has 1 aromatic carbocycles. The van der Waals surface area contributed by atoms with Gasteiger partial charge in [0.05, 0.1) is 18.8 Å². The van der Waals surface area contributed by atoms with Crippen molar-refractivity contribution in [3.8, 4) is 5.75 Å². The lowest BCUT2D eigenvalue weighted by Gasteiger charge is -2.26. The normalized spacial score (nSPS) is 17.4. The summed E-state index contributed by atoms with van der Waals surface area (Å²) in [7, 11) is 0. The van der Waals surface area contributed by atoms with E-state index in [2.05, 4.69) is 15.6 Å². The summed E-state index contributed by atoms with van der Waals surface area (Å²) in [6.45, 7) is 0.796. The SMILES string of the molecule is O=C(Cn1ccnn1)NC1CCOc2ccccc21. The number of fused-ring (bicyclic) bond motifs is 1. The largest absolute Gasteiger partial charge is 0.493 e. The van der Waals surface area contributed by atoms with Crippen molar-refractivity contribution < 1.29 is 9.53 Å². The highest BCUT2D eigenvalue weighted by Gasteiger charge is 2.22. The first-order chi connectivity index (χ1) is 9.33. The summed E-state index contributed by atoms with van der Waals surface area (Å²) in [6.07, 6.45) is 3.99. The smallest absolute Gasteiger partial charge is 0.242 e. The van der Waals surface area contributed by atoms with Crippen molar-refractivity contribution in [3.05, 3.63) is 42.2 Å². The van der Waals surface area contributed by atoms with Crippen LogP contribution in [0, 0.1) is 0 Å². The van der Waals surface area contributed by atoms with Gasteiger partial charge in [-0.3, -0.25) is 4.79 Å². The predicted octanol–water partition coefficient (Wildman–Crippen LogP) is 0.918. The van der Waals surface area contributed by atoms with Gasteiger partial charge in [0, 0.05) is 18.2 Å². The van der Waals surface area contributed by atoms with Crippen molar-refractivity contribution in [2.45, 2.75) is 19.0 Å². The number of nitrogens with zero attached hydrogens (tertiary/aromatic N) is 3. The molecule has 1 amide bonds. The van der Waals surface area contributed by atoms with E-state index < -0.39 is 0 Å². The molecular formula is C13H14N4O2. The van der Waals surface area contributed by atoms with Gasteiger partial charge in [-0.1, -0.05) is 23.4 Å². The van der Waals surface area contributed by atoms with Crippen LogP contribution in [0.25, 0.3) is 0 Å². The van der Waals surface area contributed by atoms with Gasteiger partial charge in [0.1, 0.15) is 12.3 Å². The first-order valence-corrected chi connectivity index (χ1v) is 6.18. The highest BCUT2D eigenvalue weighted by molar-refractivity contribution is 5.76. The number of benzene rings is 1. The Morgan fingerprint density at radius 1 is 1.47 bits per heavy atom. The van der Waals surface area contributed by atoms with E-state index in [4.69, 9.17) is 4.74 Å². The van der Waals surface area contributed by atoms with Crippen LogP contribution in [-0.4, -0.2) is 27.5 Å². The van der Waals surface area contributed by atoms with Crippen molar-refractivity contribution in [3.63, 3.8) is 0 Å². The Morgan fingerprint density at radius 2 is 2.37 bits per heavy atom. The van der Waals surface area contributed by atoms with Gasteiger partial charge < -0.3 is 10.1 Å².